The third kappa shape index (κ3) is 4.44. The van der Waals surface area contributed by atoms with Gasteiger partial charge in [-0.3, -0.25) is 0 Å². The van der Waals surface area contributed by atoms with E-state index in [1.54, 1.807) is 0 Å². The molecule has 0 saturated carbocycles. The third-order valence-electron chi connectivity index (χ3n) is 4.51. The minimum atomic E-state index is -2.54. The molecule has 0 aromatic heterocycles. The molecule has 0 aliphatic rings. The molecule has 25 heavy (non-hydrogen) atoms. The second kappa shape index (κ2) is 8.54. The van der Waals surface area contributed by atoms with Crippen LogP contribution < -0.4 is 10.4 Å². The average Bonchev–Trinajstić information content (AvgIpc) is 2.62. The summed E-state index contributed by atoms with van der Waals surface area (Å²) in [5.41, 5.74) is 0. The van der Waals surface area contributed by atoms with Crippen LogP contribution in [0.4, 0.5) is 4.39 Å². The summed E-state index contributed by atoms with van der Waals surface area (Å²) >= 11 is 0. The molecular formula is C21H27FO2Si. The Balaban J connectivity index is 2.40. The molecule has 0 bridgehead atoms. The highest BCUT2D eigenvalue weighted by atomic mass is 28.4. The van der Waals surface area contributed by atoms with Crippen LogP contribution in [0.1, 0.15) is 33.6 Å². The molecule has 0 radical (unpaired) electrons. The molecule has 0 aliphatic heterocycles. The van der Waals surface area contributed by atoms with Gasteiger partial charge in [0.05, 0.1) is 0 Å². The maximum atomic E-state index is 13.2. The third-order valence-corrected chi connectivity index (χ3v) is 9.55. The summed E-state index contributed by atoms with van der Waals surface area (Å²) < 4.78 is 19.8. The molecule has 0 N–H and O–H groups in total. The zero-order valence-corrected chi connectivity index (χ0v) is 16.2. The number of benzene rings is 2. The number of alkyl halides is 1. The summed E-state index contributed by atoms with van der Waals surface area (Å²) in [6, 6.07) is 20.7. The summed E-state index contributed by atoms with van der Waals surface area (Å²) in [5.74, 6) is 0. The first kappa shape index (κ1) is 19.5. The lowest BCUT2D eigenvalue weighted by atomic mass is 10.2. The van der Waals surface area contributed by atoms with Gasteiger partial charge in [-0.25, -0.2) is 4.39 Å². The summed E-state index contributed by atoms with van der Waals surface area (Å²) in [5, 5.41) is 2.33. The summed E-state index contributed by atoms with van der Waals surface area (Å²) in [6.07, 6.45) is -0.294. The molecule has 2 nitrogen and oxygen atoms in total. The Morgan fingerprint density at radius 3 is 1.88 bits per heavy atom. The minimum Gasteiger partial charge on any atom is -0.407 e. The number of hydrogen-bond acceptors (Lipinski definition) is 2. The molecule has 134 valence electrons. The first-order valence-electron chi connectivity index (χ1n) is 8.76. The van der Waals surface area contributed by atoms with Crippen molar-refractivity contribution in [3.05, 3.63) is 60.7 Å². The standard InChI is InChI=1S/C21H27FO2Si/c1-21(2,3)25(19-12-6-4-7-13-19,20-14-8-5-9-15-20)24-16-10-11-18(22)17-23/h4-9,12-15,17-18H,10-11,16H2,1-3H3. The van der Waals surface area contributed by atoms with Crippen LogP contribution in [-0.4, -0.2) is 27.4 Å². The number of rotatable bonds is 8. The van der Waals surface area contributed by atoms with Crippen molar-refractivity contribution in [1.29, 1.82) is 0 Å². The van der Waals surface area contributed by atoms with Crippen LogP contribution in [0.15, 0.2) is 60.7 Å². The fourth-order valence-electron chi connectivity index (χ4n) is 3.33. The lowest BCUT2D eigenvalue weighted by Gasteiger charge is -2.43. The molecule has 0 spiro atoms. The Bertz CT molecular complexity index is 613. The second-order valence-corrected chi connectivity index (χ2v) is 11.6. The fourth-order valence-corrected chi connectivity index (χ4v) is 7.94. The van der Waals surface area contributed by atoms with Crippen LogP contribution in [0.5, 0.6) is 0 Å². The molecule has 2 aromatic rings. The van der Waals surface area contributed by atoms with E-state index in [4.69, 9.17) is 4.43 Å². The number of halogens is 1. The fraction of sp³-hybridized carbons (Fsp3) is 0.381. The first-order valence-corrected chi connectivity index (χ1v) is 10.7. The van der Waals surface area contributed by atoms with Gasteiger partial charge in [0.15, 0.2) is 12.5 Å². The highest BCUT2D eigenvalue weighted by Gasteiger charge is 2.49. The average molecular weight is 359 g/mol. The predicted molar refractivity (Wildman–Crippen MR) is 104 cm³/mol. The van der Waals surface area contributed by atoms with E-state index in [9.17, 15) is 9.18 Å². The van der Waals surface area contributed by atoms with Gasteiger partial charge < -0.3 is 9.22 Å². The lowest BCUT2D eigenvalue weighted by molar-refractivity contribution is -0.112. The van der Waals surface area contributed by atoms with E-state index in [0.29, 0.717) is 19.3 Å². The summed E-state index contributed by atoms with van der Waals surface area (Å²) in [6.45, 7) is 7.08. The van der Waals surface area contributed by atoms with Crippen LogP contribution in [0, 0.1) is 0 Å². The molecule has 0 heterocycles. The van der Waals surface area contributed by atoms with Crippen LogP contribution in [-0.2, 0) is 9.22 Å². The zero-order chi connectivity index (χ0) is 18.3. The Kier molecular flexibility index (Phi) is 6.68. The quantitative estimate of drug-likeness (QED) is 0.407. The van der Waals surface area contributed by atoms with E-state index in [2.05, 4.69) is 45.0 Å². The van der Waals surface area contributed by atoms with Gasteiger partial charge in [0, 0.05) is 6.61 Å². The van der Waals surface area contributed by atoms with Crippen molar-refractivity contribution in [1.82, 2.24) is 0 Å². The SMILES string of the molecule is CC(C)(C)[Si](OCCCC(F)C=O)(c1ccccc1)c1ccccc1. The molecule has 0 aliphatic carbocycles. The van der Waals surface area contributed by atoms with Gasteiger partial charge in [-0.15, -0.1) is 0 Å². The van der Waals surface area contributed by atoms with Crippen molar-refractivity contribution >= 4 is 25.0 Å². The minimum absolute atomic E-state index is 0.0878. The van der Waals surface area contributed by atoms with Crippen molar-refractivity contribution in [2.75, 3.05) is 6.61 Å². The van der Waals surface area contributed by atoms with Crippen LogP contribution in [0.3, 0.4) is 0 Å². The highest BCUT2D eigenvalue weighted by molar-refractivity contribution is 6.99. The number of carbonyl (C=O) groups excluding carboxylic acids is 1. The van der Waals surface area contributed by atoms with Crippen molar-refractivity contribution in [3.8, 4) is 0 Å². The lowest BCUT2D eigenvalue weighted by Crippen LogP contribution is -2.66. The Morgan fingerprint density at radius 1 is 1.00 bits per heavy atom. The van der Waals surface area contributed by atoms with Crippen LogP contribution in [0.25, 0.3) is 0 Å². The Hall–Kier alpha value is -1.78. The molecule has 0 saturated heterocycles. The van der Waals surface area contributed by atoms with Crippen molar-refractivity contribution < 1.29 is 13.6 Å². The molecule has 4 heteroatoms. The largest absolute Gasteiger partial charge is 0.407 e. The van der Waals surface area contributed by atoms with Crippen molar-refractivity contribution in [2.24, 2.45) is 0 Å². The van der Waals surface area contributed by atoms with E-state index >= 15 is 0 Å². The molecule has 1 atom stereocenters. The summed E-state index contributed by atoms with van der Waals surface area (Å²) in [7, 11) is -2.54. The zero-order valence-electron chi connectivity index (χ0n) is 15.2. The van der Waals surface area contributed by atoms with E-state index in [0.717, 1.165) is 0 Å². The van der Waals surface area contributed by atoms with Gasteiger partial charge >= 0.3 is 0 Å². The number of hydrogen-bond donors (Lipinski definition) is 0. The van der Waals surface area contributed by atoms with E-state index in [-0.39, 0.29) is 11.5 Å². The predicted octanol–water partition coefficient (Wildman–Crippen LogP) is 3.88. The highest BCUT2D eigenvalue weighted by Crippen LogP contribution is 2.36. The maximum absolute atomic E-state index is 13.2. The van der Waals surface area contributed by atoms with E-state index < -0.39 is 14.5 Å². The number of carbonyl (C=O) groups is 1. The molecular weight excluding hydrogens is 331 g/mol. The van der Waals surface area contributed by atoms with Gasteiger partial charge in [0.1, 0.15) is 0 Å². The van der Waals surface area contributed by atoms with Gasteiger partial charge in [-0.05, 0) is 28.3 Å². The molecule has 0 fully saturated rings. The molecule has 2 rings (SSSR count). The van der Waals surface area contributed by atoms with Crippen LogP contribution >= 0.6 is 0 Å². The molecule has 2 aromatic carbocycles. The van der Waals surface area contributed by atoms with Gasteiger partial charge in [-0.1, -0.05) is 81.4 Å². The molecule has 1 unspecified atom stereocenters. The first-order chi connectivity index (χ1) is 11.9. The second-order valence-electron chi connectivity index (χ2n) is 7.31. The number of aldehydes is 1. The monoisotopic (exact) mass is 358 g/mol. The van der Waals surface area contributed by atoms with Crippen LogP contribution in [0.2, 0.25) is 5.04 Å². The van der Waals surface area contributed by atoms with Gasteiger partial charge in [-0.2, -0.15) is 0 Å². The van der Waals surface area contributed by atoms with E-state index in [1.807, 2.05) is 36.4 Å². The van der Waals surface area contributed by atoms with E-state index in [1.165, 1.54) is 10.4 Å². The molecule has 0 amide bonds. The Morgan fingerprint density at radius 2 is 1.48 bits per heavy atom. The van der Waals surface area contributed by atoms with Crippen molar-refractivity contribution in [2.45, 2.75) is 44.8 Å². The van der Waals surface area contributed by atoms with Crippen molar-refractivity contribution in [3.63, 3.8) is 0 Å². The van der Waals surface area contributed by atoms with Gasteiger partial charge in [0.2, 0.25) is 0 Å². The summed E-state index contributed by atoms with van der Waals surface area (Å²) in [4.78, 5) is 10.5. The smallest absolute Gasteiger partial charge is 0.261 e. The Labute approximate surface area is 151 Å². The van der Waals surface area contributed by atoms with Gasteiger partial charge in [0.25, 0.3) is 8.32 Å². The topological polar surface area (TPSA) is 26.3 Å². The normalized spacial score (nSPS) is 13.4. The maximum Gasteiger partial charge on any atom is 0.261 e.